The van der Waals surface area contributed by atoms with E-state index in [1.165, 1.54) is 48.5 Å². The van der Waals surface area contributed by atoms with Gasteiger partial charge < -0.3 is 15.0 Å². The molecule has 0 bridgehead atoms. The summed E-state index contributed by atoms with van der Waals surface area (Å²) in [4.78, 5) is 66.4. The predicted octanol–water partition coefficient (Wildman–Crippen LogP) is 5.18. The highest BCUT2D eigenvalue weighted by Gasteiger charge is 2.56. The number of hydrogen-bond acceptors (Lipinski definition) is 9. The van der Waals surface area contributed by atoms with E-state index in [0.717, 1.165) is 40.1 Å². The summed E-state index contributed by atoms with van der Waals surface area (Å²) in [7, 11) is 0. The molecule has 3 heterocycles. The van der Waals surface area contributed by atoms with E-state index in [2.05, 4.69) is 10.3 Å². The van der Waals surface area contributed by atoms with Crippen LogP contribution in [0, 0.1) is 16.0 Å². The molecule has 2 aliphatic rings. The summed E-state index contributed by atoms with van der Waals surface area (Å²) in [6.45, 7) is -0.586. The zero-order valence-electron chi connectivity index (χ0n) is 22.6. The van der Waals surface area contributed by atoms with Crippen molar-refractivity contribution in [3.8, 4) is 5.75 Å². The van der Waals surface area contributed by atoms with Crippen LogP contribution in [-0.2, 0) is 20.6 Å². The van der Waals surface area contributed by atoms with Crippen LogP contribution in [0.4, 0.5) is 30.2 Å². The minimum Gasteiger partial charge on any atom is -0.484 e. The van der Waals surface area contributed by atoms with Gasteiger partial charge in [-0.25, -0.2) is 4.90 Å². The first kappa shape index (κ1) is 30.1. The van der Waals surface area contributed by atoms with E-state index in [1.807, 2.05) is 0 Å². The monoisotopic (exact) mass is 656 g/mol. The Morgan fingerprint density at radius 1 is 1.00 bits per heavy atom. The number of aromatic amines is 1. The first-order chi connectivity index (χ1) is 21.4. The molecule has 11 nitrogen and oxygen atoms in total. The summed E-state index contributed by atoms with van der Waals surface area (Å²) in [5.74, 6) is -3.26. The topological polar surface area (TPSA) is 152 Å². The molecular weight excluding hydrogens is 637 g/mol. The van der Waals surface area contributed by atoms with Crippen molar-refractivity contribution in [3.05, 3.63) is 109 Å². The Bertz CT molecular complexity index is 1890. The van der Waals surface area contributed by atoms with Crippen LogP contribution in [0.3, 0.4) is 0 Å². The normalized spacial score (nSPS) is 19.2. The fourth-order valence-electron chi connectivity index (χ4n) is 5.30. The smallest absolute Gasteiger partial charge is 0.418 e. The zero-order chi connectivity index (χ0) is 32.0. The number of para-hydroxylation sites is 1. The molecule has 4 aromatic rings. The number of hydrogen-bond donors (Lipinski definition) is 2. The quantitative estimate of drug-likeness (QED) is 0.157. The van der Waals surface area contributed by atoms with Gasteiger partial charge in [-0.3, -0.25) is 29.3 Å². The molecule has 2 N–H and O–H groups in total. The van der Waals surface area contributed by atoms with Gasteiger partial charge in [0.1, 0.15) is 11.0 Å². The van der Waals surface area contributed by atoms with E-state index in [4.69, 9.17) is 4.74 Å². The molecule has 1 saturated heterocycles. The number of rotatable bonds is 7. The Morgan fingerprint density at radius 3 is 2.36 bits per heavy atom. The highest BCUT2D eigenvalue weighted by atomic mass is 32.2. The van der Waals surface area contributed by atoms with E-state index >= 15 is 0 Å². The SMILES string of the molecule is O=C(COc1ccc([C@H]2c3sc(=O)[nH]c3SC3C(=O)N(c4ccc([N+](=O)[O-])cc4)C(=O)C32)cc1)Nc1ccccc1C(F)(F)F. The highest BCUT2D eigenvalue weighted by molar-refractivity contribution is 8.00. The Kier molecular flexibility index (Phi) is 7.70. The number of nitro groups is 1. The molecule has 3 amide bonds. The van der Waals surface area contributed by atoms with E-state index < -0.39 is 63.8 Å². The minimum atomic E-state index is -4.66. The lowest BCUT2D eigenvalue weighted by atomic mass is 9.83. The van der Waals surface area contributed by atoms with Gasteiger partial charge in [0.25, 0.3) is 11.6 Å². The third kappa shape index (κ3) is 5.69. The number of halogens is 3. The number of H-pyrrole nitrogens is 1. The first-order valence-corrected chi connectivity index (χ1v) is 14.8. The summed E-state index contributed by atoms with van der Waals surface area (Å²) in [5, 5.41) is 12.8. The second-order valence-corrected chi connectivity index (χ2v) is 12.2. The Balaban J connectivity index is 1.22. The standard InChI is InChI=1S/C29H19F3N4O7S2/c30-29(31,32)18-3-1-2-4-19(18)33-20(37)13-43-17-11-5-14(6-12-17)21-22-24(44-25-23(21)45-28(40)34-25)27(39)35(26(22)38)15-7-9-16(10-8-15)36(41)42/h1-12,21-22,24H,13H2,(H,33,37)(H,34,40)/t21-,22?,24?/m1/s1. The van der Waals surface area contributed by atoms with Crippen molar-refractivity contribution in [2.75, 3.05) is 16.8 Å². The van der Waals surface area contributed by atoms with Crippen LogP contribution in [0.1, 0.15) is 21.9 Å². The van der Waals surface area contributed by atoms with Crippen molar-refractivity contribution in [2.45, 2.75) is 22.4 Å². The molecule has 6 rings (SSSR count). The van der Waals surface area contributed by atoms with Crippen molar-refractivity contribution < 1.29 is 37.2 Å². The number of anilines is 2. The van der Waals surface area contributed by atoms with E-state index in [0.29, 0.717) is 15.5 Å². The predicted molar refractivity (Wildman–Crippen MR) is 158 cm³/mol. The van der Waals surface area contributed by atoms with Gasteiger partial charge in [-0.1, -0.05) is 47.4 Å². The summed E-state index contributed by atoms with van der Waals surface area (Å²) in [5.41, 5.74) is -0.845. The average Bonchev–Trinajstić information content (AvgIpc) is 3.50. The molecule has 0 saturated carbocycles. The van der Waals surface area contributed by atoms with Gasteiger partial charge in [0, 0.05) is 22.9 Å². The second kappa shape index (κ2) is 11.5. The molecule has 0 aliphatic carbocycles. The number of benzene rings is 3. The van der Waals surface area contributed by atoms with Gasteiger partial charge in [0.15, 0.2) is 6.61 Å². The summed E-state index contributed by atoms with van der Waals surface area (Å²) in [6, 6.07) is 15.8. The Labute approximate surface area is 259 Å². The molecule has 45 heavy (non-hydrogen) atoms. The van der Waals surface area contributed by atoms with Gasteiger partial charge in [-0.15, -0.1) is 0 Å². The van der Waals surface area contributed by atoms with Gasteiger partial charge in [0.05, 0.1) is 32.8 Å². The second-order valence-electron chi connectivity index (χ2n) is 9.98. The lowest BCUT2D eigenvalue weighted by Gasteiger charge is -2.29. The molecule has 230 valence electrons. The number of carbonyl (C=O) groups excluding carboxylic acids is 3. The van der Waals surface area contributed by atoms with Crippen molar-refractivity contribution in [2.24, 2.45) is 5.92 Å². The first-order valence-electron chi connectivity index (χ1n) is 13.1. The number of non-ortho nitro benzene ring substituents is 1. The van der Waals surface area contributed by atoms with Gasteiger partial charge >= 0.3 is 11.0 Å². The number of aromatic nitrogens is 1. The largest absolute Gasteiger partial charge is 0.484 e. The molecular formula is C29H19F3N4O7S2. The number of amides is 3. The Morgan fingerprint density at radius 2 is 1.69 bits per heavy atom. The van der Waals surface area contributed by atoms with E-state index in [-0.39, 0.29) is 22.0 Å². The molecule has 2 unspecified atom stereocenters. The molecule has 0 radical (unpaired) electrons. The third-order valence-electron chi connectivity index (χ3n) is 7.26. The number of thioether (sulfide) groups is 1. The molecule has 16 heteroatoms. The summed E-state index contributed by atoms with van der Waals surface area (Å²) in [6.07, 6.45) is -4.66. The highest BCUT2D eigenvalue weighted by Crippen LogP contribution is 2.53. The van der Waals surface area contributed by atoms with Crippen molar-refractivity contribution in [3.63, 3.8) is 0 Å². The zero-order valence-corrected chi connectivity index (χ0v) is 24.2. The number of nitro benzene ring substituents is 1. The van der Waals surface area contributed by atoms with Gasteiger partial charge in [-0.05, 0) is 42.0 Å². The number of thiazole rings is 1. The molecule has 1 fully saturated rings. The molecule has 3 aromatic carbocycles. The van der Waals surface area contributed by atoms with Crippen LogP contribution in [0.15, 0.2) is 82.6 Å². The van der Waals surface area contributed by atoms with Crippen LogP contribution >= 0.6 is 23.1 Å². The van der Waals surface area contributed by atoms with Crippen LogP contribution in [0.2, 0.25) is 0 Å². The number of fused-ring (bicyclic) bond motifs is 2. The summed E-state index contributed by atoms with van der Waals surface area (Å²) >= 11 is 1.99. The maximum atomic E-state index is 13.8. The number of nitrogens with zero attached hydrogens (tertiary/aromatic N) is 2. The third-order valence-corrected chi connectivity index (χ3v) is 9.66. The average molecular weight is 657 g/mol. The molecule has 3 atom stereocenters. The van der Waals surface area contributed by atoms with Crippen molar-refractivity contribution >= 4 is 57.9 Å². The van der Waals surface area contributed by atoms with Gasteiger partial charge in [0.2, 0.25) is 11.8 Å². The van der Waals surface area contributed by atoms with Crippen molar-refractivity contribution in [1.29, 1.82) is 0 Å². The summed E-state index contributed by atoms with van der Waals surface area (Å²) < 4.78 is 45.2. The fraction of sp³-hybridized carbons (Fsp3) is 0.172. The number of imide groups is 1. The number of alkyl halides is 3. The molecule has 2 aliphatic heterocycles. The maximum absolute atomic E-state index is 13.8. The van der Waals surface area contributed by atoms with Crippen LogP contribution in [0.5, 0.6) is 5.75 Å². The Hall–Kier alpha value is -4.96. The van der Waals surface area contributed by atoms with Crippen LogP contribution in [-0.4, -0.2) is 39.5 Å². The fourth-order valence-corrected chi connectivity index (χ4v) is 7.82. The number of carbonyl (C=O) groups is 3. The van der Waals surface area contributed by atoms with Crippen LogP contribution in [0.25, 0.3) is 0 Å². The number of ether oxygens (including phenoxy) is 1. The van der Waals surface area contributed by atoms with E-state index in [9.17, 15) is 42.5 Å². The van der Waals surface area contributed by atoms with Gasteiger partial charge in [-0.2, -0.15) is 13.2 Å². The maximum Gasteiger partial charge on any atom is 0.418 e. The lowest BCUT2D eigenvalue weighted by molar-refractivity contribution is -0.384. The number of nitrogens with one attached hydrogen (secondary N) is 2. The molecule has 1 aromatic heterocycles. The lowest BCUT2D eigenvalue weighted by Crippen LogP contribution is -2.32. The minimum absolute atomic E-state index is 0.182. The van der Waals surface area contributed by atoms with E-state index in [1.54, 1.807) is 12.1 Å². The van der Waals surface area contributed by atoms with Crippen LogP contribution < -0.4 is 19.8 Å². The molecule has 0 spiro atoms. The van der Waals surface area contributed by atoms with Crippen molar-refractivity contribution in [1.82, 2.24) is 4.98 Å².